The molecular weight excluding hydrogens is 156 g/mol. The summed E-state index contributed by atoms with van der Waals surface area (Å²) in [4.78, 5) is 0. The number of hydrogen-bond acceptors (Lipinski definition) is 3. The van der Waals surface area contributed by atoms with E-state index in [0.717, 1.165) is 0 Å². The molecule has 0 nitrogen and oxygen atoms in total. The molecule has 0 saturated heterocycles. The van der Waals surface area contributed by atoms with Crippen LogP contribution in [0.15, 0.2) is 0 Å². The van der Waals surface area contributed by atoms with Gasteiger partial charge in [0.25, 0.3) is 0 Å². The molecule has 0 aromatic rings. The number of thioether (sulfide) groups is 2. The van der Waals surface area contributed by atoms with Crippen molar-refractivity contribution in [2.75, 3.05) is 6.26 Å². The van der Waals surface area contributed by atoms with Crippen LogP contribution in [0.2, 0.25) is 0 Å². The molecule has 0 N–H and O–H groups in total. The van der Waals surface area contributed by atoms with Gasteiger partial charge in [0.15, 0.2) is 0 Å². The molecular formula is C5H12S3. The van der Waals surface area contributed by atoms with Gasteiger partial charge in [-0.15, -0.1) is 11.8 Å². The van der Waals surface area contributed by atoms with E-state index in [-0.39, 0.29) is 0 Å². The second-order valence-electron chi connectivity index (χ2n) is 1.54. The first-order valence-electron chi connectivity index (χ1n) is 2.53. The maximum absolute atomic E-state index is 4.24. The molecule has 0 rings (SSSR count). The van der Waals surface area contributed by atoms with E-state index in [1.165, 1.54) is 0 Å². The molecule has 0 heterocycles. The Morgan fingerprint density at radius 2 is 1.88 bits per heavy atom. The normalized spacial score (nSPS) is 18.0. The molecule has 0 amide bonds. The summed E-state index contributed by atoms with van der Waals surface area (Å²) < 4.78 is 1.15. The van der Waals surface area contributed by atoms with E-state index >= 15 is 0 Å². The van der Waals surface area contributed by atoms with Gasteiger partial charge in [-0.3, -0.25) is 0 Å². The van der Waals surface area contributed by atoms with Crippen LogP contribution in [0.1, 0.15) is 13.8 Å². The Kier molecular flexibility index (Phi) is 5.53. The van der Waals surface area contributed by atoms with E-state index in [1.54, 1.807) is 0 Å². The molecule has 3 heteroatoms. The Hall–Kier alpha value is 1.05. The van der Waals surface area contributed by atoms with Crippen molar-refractivity contribution >= 4 is 36.2 Å². The molecule has 0 aromatic heterocycles. The third-order valence-corrected chi connectivity index (χ3v) is 3.44. The van der Waals surface area contributed by atoms with Crippen LogP contribution in [0.4, 0.5) is 0 Å². The van der Waals surface area contributed by atoms with Crippen LogP contribution in [0.25, 0.3) is 0 Å². The molecule has 2 atom stereocenters. The number of thiol groups is 1. The van der Waals surface area contributed by atoms with Gasteiger partial charge in [0.05, 0.1) is 0 Å². The Morgan fingerprint density at radius 1 is 1.38 bits per heavy atom. The highest BCUT2D eigenvalue weighted by Crippen LogP contribution is 2.26. The van der Waals surface area contributed by atoms with Gasteiger partial charge in [0.1, 0.15) is 0 Å². The van der Waals surface area contributed by atoms with Gasteiger partial charge < -0.3 is 0 Å². The molecule has 50 valence electrons. The van der Waals surface area contributed by atoms with Gasteiger partial charge in [-0.05, 0) is 20.1 Å². The van der Waals surface area contributed by atoms with Crippen molar-refractivity contribution in [1.82, 2.24) is 0 Å². The molecule has 0 aliphatic rings. The highest BCUT2D eigenvalue weighted by Gasteiger charge is 2.01. The summed E-state index contributed by atoms with van der Waals surface area (Å²) in [6.07, 6.45) is 2.12. The summed E-state index contributed by atoms with van der Waals surface area (Å²) in [5, 5.41) is 0. The van der Waals surface area contributed by atoms with Crippen molar-refractivity contribution in [1.29, 1.82) is 0 Å². The number of rotatable bonds is 3. The summed E-state index contributed by atoms with van der Waals surface area (Å²) in [7, 11) is 0. The van der Waals surface area contributed by atoms with E-state index < -0.39 is 0 Å². The van der Waals surface area contributed by atoms with Crippen LogP contribution in [0.5, 0.6) is 0 Å². The molecule has 0 radical (unpaired) electrons. The van der Waals surface area contributed by atoms with Crippen molar-refractivity contribution in [3.8, 4) is 0 Å². The van der Waals surface area contributed by atoms with E-state index in [1.807, 2.05) is 23.5 Å². The zero-order valence-electron chi connectivity index (χ0n) is 5.42. The zero-order valence-corrected chi connectivity index (χ0v) is 7.95. The average Bonchev–Trinajstić information content (AvgIpc) is 1.65. The van der Waals surface area contributed by atoms with Gasteiger partial charge >= 0.3 is 0 Å². The fraction of sp³-hybridized carbons (Fsp3) is 1.00. The maximum atomic E-state index is 4.24. The predicted molar refractivity (Wildman–Crippen MR) is 49.0 cm³/mol. The molecule has 8 heavy (non-hydrogen) atoms. The summed E-state index contributed by atoms with van der Waals surface area (Å²) >= 11 is 7.99. The molecule has 0 saturated carbocycles. The lowest BCUT2D eigenvalue weighted by atomic mass is 10.9. The van der Waals surface area contributed by atoms with E-state index in [0.29, 0.717) is 9.16 Å². The monoisotopic (exact) mass is 168 g/mol. The Morgan fingerprint density at radius 3 is 2.00 bits per heavy atom. The lowest BCUT2D eigenvalue weighted by Gasteiger charge is -2.08. The largest absolute Gasteiger partial charge is 0.165 e. The molecule has 0 aliphatic heterocycles. The quantitative estimate of drug-likeness (QED) is 0.508. The van der Waals surface area contributed by atoms with Crippen molar-refractivity contribution in [3.63, 3.8) is 0 Å². The van der Waals surface area contributed by atoms with Gasteiger partial charge in [-0.1, -0.05) is 0 Å². The van der Waals surface area contributed by atoms with E-state index in [2.05, 4.69) is 32.7 Å². The fourth-order valence-electron chi connectivity index (χ4n) is 0.333. The van der Waals surface area contributed by atoms with Crippen molar-refractivity contribution in [3.05, 3.63) is 0 Å². The number of hydrogen-bond donors (Lipinski definition) is 1. The predicted octanol–water partition coefficient (Wildman–Crippen LogP) is 2.70. The zero-order chi connectivity index (χ0) is 6.57. The standard InChI is InChI=1S/C5H12S3/c1-4(6)8-5(2)7-3/h4-6H,1-3H3. The first-order chi connectivity index (χ1) is 3.66. The minimum absolute atomic E-state index is 0.470. The molecule has 2 unspecified atom stereocenters. The Balaban J connectivity index is 3.10. The minimum atomic E-state index is 0.470. The van der Waals surface area contributed by atoms with Crippen LogP contribution in [-0.2, 0) is 0 Å². The van der Waals surface area contributed by atoms with E-state index in [4.69, 9.17) is 0 Å². The second-order valence-corrected chi connectivity index (χ2v) is 5.83. The summed E-state index contributed by atoms with van der Waals surface area (Å²) in [5.41, 5.74) is 0. The van der Waals surface area contributed by atoms with Crippen LogP contribution in [-0.4, -0.2) is 15.4 Å². The SMILES string of the molecule is CSC(C)SC(C)S. The summed E-state index contributed by atoms with van der Waals surface area (Å²) in [6.45, 7) is 4.29. The summed E-state index contributed by atoms with van der Waals surface area (Å²) in [6, 6.07) is 0. The van der Waals surface area contributed by atoms with Crippen LogP contribution < -0.4 is 0 Å². The van der Waals surface area contributed by atoms with Crippen molar-refractivity contribution in [2.45, 2.75) is 23.0 Å². The van der Waals surface area contributed by atoms with Gasteiger partial charge in [-0.25, -0.2) is 0 Å². The Labute approximate surface area is 65.6 Å². The second kappa shape index (κ2) is 4.89. The third kappa shape index (κ3) is 5.19. The fourth-order valence-corrected chi connectivity index (χ4v) is 2.63. The van der Waals surface area contributed by atoms with Gasteiger partial charge in [0.2, 0.25) is 0 Å². The highest BCUT2D eigenvalue weighted by atomic mass is 32.2. The Bertz CT molecular complexity index is 53.6. The molecule has 0 fully saturated rings. The smallest absolute Gasteiger partial charge is 0.0482 e. The minimum Gasteiger partial charge on any atom is -0.165 e. The molecule has 0 bridgehead atoms. The summed E-state index contributed by atoms with van der Waals surface area (Å²) in [5.74, 6) is 0. The third-order valence-electron chi connectivity index (χ3n) is 0.721. The lowest BCUT2D eigenvalue weighted by Crippen LogP contribution is -1.92. The van der Waals surface area contributed by atoms with Crippen molar-refractivity contribution < 1.29 is 0 Å². The lowest BCUT2D eigenvalue weighted by molar-refractivity contribution is 1.36. The van der Waals surface area contributed by atoms with Crippen molar-refractivity contribution in [2.24, 2.45) is 0 Å². The van der Waals surface area contributed by atoms with Crippen LogP contribution in [0.3, 0.4) is 0 Å². The highest BCUT2D eigenvalue weighted by molar-refractivity contribution is 8.20. The first kappa shape index (κ1) is 9.05. The first-order valence-corrected chi connectivity index (χ1v) is 5.28. The molecule has 0 aromatic carbocycles. The van der Waals surface area contributed by atoms with Crippen LogP contribution in [0, 0.1) is 0 Å². The molecule has 0 spiro atoms. The van der Waals surface area contributed by atoms with E-state index in [9.17, 15) is 0 Å². The van der Waals surface area contributed by atoms with Gasteiger partial charge in [0, 0.05) is 9.16 Å². The van der Waals surface area contributed by atoms with Gasteiger partial charge in [-0.2, -0.15) is 24.4 Å². The average molecular weight is 168 g/mol. The topological polar surface area (TPSA) is 0 Å². The van der Waals surface area contributed by atoms with Crippen LogP contribution >= 0.6 is 36.2 Å². The maximum Gasteiger partial charge on any atom is 0.0482 e. The molecule has 0 aliphatic carbocycles.